The maximum Gasteiger partial charge on any atom is 0.274 e. The minimum absolute atomic E-state index is 0.000752. The lowest BCUT2D eigenvalue weighted by atomic mass is 10.2. The largest absolute Gasteiger partial charge is 0.346 e. The molecule has 0 aliphatic carbocycles. The summed E-state index contributed by atoms with van der Waals surface area (Å²) in [5, 5.41) is 14.9. The Morgan fingerprint density at radius 1 is 1.30 bits per heavy atom. The van der Waals surface area contributed by atoms with Crippen LogP contribution in [0.5, 0.6) is 0 Å². The average molecular weight is 311 g/mol. The van der Waals surface area contributed by atoms with Gasteiger partial charge in [0.15, 0.2) is 5.69 Å². The van der Waals surface area contributed by atoms with E-state index in [1.807, 2.05) is 0 Å². The van der Waals surface area contributed by atoms with Gasteiger partial charge < -0.3 is 5.32 Å². The number of nitrogens with zero attached hydrogens (tertiary/aromatic N) is 3. The maximum atomic E-state index is 12.9. The van der Waals surface area contributed by atoms with Crippen LogP contribution in [0.2, 0.25) is 0 Å². The molecule has 0 aliphatic rings. The minimum Gasteiger partial charge on any atom is -0.346 e. The zero-order valence-corrected chi connectivity index (χ0v) is 12.4. The molecule has 0 bridgehead atoms. The van der Waals surface area contributed by atoms with Gasteiger partial charge in [-0.2, -0.15) is 5.10 Å². The molecule has 0 spiro atoms. The van der Waals surface area contributed by atoms with Crippen LogP contribution in [-0.2, 0) is 13.6 Å². The summed E-state index contributed by atoms with van der Waals surface area (Å²) in [6, 6.07) is 9.37. The maximum absolute atomic E-state index is 12.9. The summed E-state index contributed by atoms with van der Waals surface area (Å²) in [6.07, 6.45) is 1.57. The van der Waals surface area contributed by atoms with Crippen molar-refractivity contribution in [3.63, 3.8) is 0 Å². The number of hydrogen-bond donors (Lipinski definition) is 2. The van der Waals surface area contributed by atoms with Gasteiger partial charge in [0.25, 0.3) is 5.91 Å². The molecule has 0 saturated heterocycles. The molecule has 0 unspecified atom stereocenters. The highest BCUT2D eigenvalue weighted by atomic mass is 19.1. The number of carbonyl (C=O) groups excluding carboxylic acids is 1. The average Bonchev–Trinajstić information content (AvgIpc) is 2.57. The van der Waals surface area contributed by atoms with E-state index >= 15 is 0 Å². The van der Waals surface area contributed by atoms with Crippen molar-refractivity contribution in [1.29, 1.82) is 5.41 Å². The molecule has 23 heavy (non-hydrogen) atoms. The molecule has 0 atom stereocenters. The Morgan fingerprint density at radius 2 is 2.04 bits per heavy atom. The zero-order valence-electron chi connectivity index (χ0n) is 12.4. The van der Waals surface area contributed by atoms with Gasteiger partial charge in [0, 0.05) is 19.8 Å². The fraction of sp³-hybridized carbons (Fsp3) is 0.125. The summed E-state index contributed by atoms with van der Waals surface area (Å²) in [6.45, 7) is 0.226. The number of halogens is 1. The third-order valence-corrected chi connectivity index (χ3v) is 3.44. The Labute approximate surface area is 131 Å². The van der Waals surface area contributed by atoms with Gasteiger partial charge >= 0.3 is 0 Å². The molecule has 1 aromatic carbocycles. The molecule has 2 heterocycles. The number of carbonyl (C=O) groups is 1. The smallest absolute Gasteiger partial charge is 0.274 e. The molecule has 0 saturated carbocycles. The molecule has 2 N–H and O–H groups in total. The summed E-state index contributed by atoms with van der Waals surface area (Å²) in [4.78, 5) is 16.4. The van der Waals surface area contributed by atoms with Crippen molar-refractivity contribution in [3.8, 4) is 0 Å². The van der Waals surface area contributed by atoms with Gasteiger partial charge in [-0.3, -0.25) is 19.9 Å². The Kier molecular flexibility index (Phi) is 3.84. The van der Waals surface area contributed by atoms with E-state index < -0.39 is 5.91 Å². The summed E-state index contributed by atoms with van der Waals surface area (Å²) in [7, 11) is 1.69. The first kappa shape index (κ1) is 14.8. The highest BCUT2D eigenvalue weighted by Gasteiger charge is 2.14. The van der Waals surface area contributed by atoms with E-state index in [0.717, 1.165) is 5.56 Å². The lowest BCUT2D eigenvalue weighted by Gasteiger charge is -2.09. The van der Waals surface area contributed by atoms with Gasteiger partial charge in [-0.15, -0.1) is 0 Å². The fourth-order valence-corrected chi connectivity index (χ4v) is 2.24. The molecule has 7 heteroatoms. The molecule has 6 nitrogen and oxygen atoms in total. The number of hydrogen-bond acceptors (Lipinski definition) is 4. The number of aryl methyl sites for hydroxylation is 1. The number of aromatic nitrogens is 3. The number of nitrogens with one attached hydrogen (secondary N) is 2. The van der Waals surface area contributed by atoms with E-state index in [4.69, 9.17) is 5.41 Å². The van der Waals surface area contributed by atoms with E-state index in [1.165, 1.54) is 16.8 Å². The minimum atomic E-state index is -0.470. The van der Waals surface area contributed by atoms with Crippen LogP contribution in [0.15, 0.2) is 42.6 Å². The van der Waals surface area contributed by atoms with Crippen molar-refractivity contribution in [3.05, 3.63) is 65.0 Å². The van der Waals surface area contributed by atoms with Crippen LogP contribution in [0.25, 0.3) is 11.0 Å². The highest BCUT2D eigenvalue weighted by molar-refractivity contribution is 5.94. The lowest BCUT2D eigenvalue weighted by molar-refractivity contribution is 0.0942. The van der Waals surface area contributed by atoms with Crippen LogP contribution in [0.1, 0.15) is 16.1 Å². The van der Waals surface area contributed by atoms with Crippen LogP contribution in [0.4, 0.5) is 4.39 Å². The summed E-state index contributed by atoms with van der Waals surface area (Å²) in [5.41, 5.74) is 1.85. The van der Waals surface area contributed by atoms with Gasteiger partial charge in [-0.05, 0) is 29.8 Å². The van der Waals surface area contributed by atoms with Crippen molar-refractivity contribution < 1.29 is 9.18 Å². The Hall–Kier alpha value is -3.09. The predicted molar refractivity (Wildman–Crippen MR) is 81.9 cm³/mol. The van der Waals surface area contributed by atoms with Crippen molar-refractivity contribution in [2.75, 3.05) is 0 Å². The molecular weight excluding hydrogens is 297 g/mol. The van der Waals surface area contributed by atoms with Gasteiger partial charge in [-0.1, -0.05) is 12.1 Å². The van der Waals surface area contributed by atoms with Crippen LogP contribution < -0.4 is 10.7 Å². The lowest BCUT2D eigenvalue weighted by Crippen LogP contribution is -2.31. The molecule has 0 aliphatic heterocycles. The van der Waals surface area contributed by atoms with E-state index in [-0.39, 0.29) is 23.4 Å². The quantitative estimate of drug-likeness (QED) is 0.769. The molecule has 2 aromatic heterocycles. The monoisotopic (exact) mass is 311 g/mol. The van der Waals surface area contributed by atoms with Gasteiger partial charge in [0.05, 0.1) is 5.52 Å². The first-order chi connectivity index (χ1) is 11.1. The Balaban J connectivity index is 1.88. The fourth-order valence-electron chi connectivity index (χ4n) is 2.24. The molecule has 116 valence electrons. The molecule has 3 aromatic rings. The van der Waals surface area contributed by atoms with E-state index in [2.05, 4.69) is 15.4 Å². The van der Waals surface area contributed by atoms with Gasteiger partial charge in [-0.25, -0.2) is 4.39 Å². The Morgan fingerprint density at radius 3 is 2.78 bits per heavy atom. The van der Waals surface area contributed by atoms with Crippen molar-refractivity contribution >= 4 is 16.9 Å². The first-order valence-electron chi connectivity index (χ1n) is 6.95. The van der Waals surface area contributed by atoms with Crippen molar-refractivity contribution in [2.45, 2.75) is 6.54 Å². The van der Waals surface area contributed by atoms with Gasteiger partial charge in [0.1, 0.15) is 16.7 Å². The standard InChI is InChI=1S/C16H14FN5O/c1-22-12-3-2-8-19-14(12)13(18)15(21-22)16(23)20-9-10-4-6-11(17)7-5-10/h2-8,18H,9H2,1H3,(H,20,23). The second-order valence-electron chi connectivity index (χ2n) is 5.03. The topological polar surface area (TPSA) is 83.7 Å². The van der Waals surface area contributed by atoms with Crippen LogP contribution in [0.3, 0.4) is 0 Å². The Bertz CT molecular complexity index is 933. The number of fused-ring (bicyclic) bond motifs is 1. The summed E-state index contributed by atoms with van der Waals surface area (Å²) in [5.74, 6) is -0.801. The normalized spacial score (nSPS) is 10.7. The summed E-state index contributed by atoms with van der Waals surface area (Å²) < 4.78 is 14.4. The van der Waals surface area contributed by atoms with E-state index in [1.54, 1.807) is 37.5 Å². The van der Waals surface area contributed by atoms with Crippen molar-refractivity contribution in [2.24, 2.45) is 7.05 Å². The SMILES string of the molecule is Cn1nc(C(=O)NCc2ccc(F)cc2)c(=N)c2ncccc21. The van der Waals surface area contributed by atoms with E-state index in [9.17, 15) is 9.18 Å². The second kappa shape index (κ2) is 5.96. The molecule has 0 fully saturated rings. The third-order valence-electron chi connectivity index (χ3n) is 3.44. The molecule has 1 amide bonds. The molecular formula is C16H14FN5O. The number of amides is 1. The zero-order chi connectivity index (χ0) is 16.4. The molecule has 0 radical (unpaired) electrons. The van der Waals surface area contributed by atoms with Gasteiger partial charge in [0.2, 0.25) is 0 Å². The first-order valence-corrected chi connectivity index (χ1v) is 6.95. The van der Waals surface area contributed by atoms with Crippen molar-refractivity contribution in [1.82, 2.24) is 20.1 Å². The predicted octanol–water partition coefficient (Wildman–Crippen LogP) is 1.52. The highest BCUT2D eigenvalue weighted by Crippen LogP contribution is 2.06. The van der Waals surface area contributed by atoms with Crippen LogP contribution >= 0.6 is 0 Å². The number of benzene rings is 1. The van der Waals surface area contributed by atoms with Crippen LogP contribution in [-0.4, -0.2) is 20.7 Å². The van der Waals surface area contributed by atoms with Crippen LogP contribution in [0, 0.1) is 11.2 Å². The number of pyridine rings is 1. The number of rotatable bonds is 3. The van der Waals surface area contributed by atoms with E-state index in [0.29, 0.717) is 11.0 Å². The third kappa shape index (κ3) is 2.94. The second-order valence-corrected chi connectivity index (χ2v) is 5.03. The summed E-state index contributed by atoms with van der Waals surface area (Å²) >= 11 is 0. The molecule has 3 rings (SSSR count).